The number of rotatable bonds is 4. The van der Waals surface area contributed by atoms with Gasteiger partial charge in [0.15, 0.2) is 0 Å². The van der Waals surface area contributed by atoms with E-state index in [1.54, 1.807) is 19.1 Å². The highest BCUT2D eigenvalue weighted by atomic mass is 19.1. The SMILES string of the molecule is CCOc1nc(Nc2cc(F)c(C)cc2F)ccc1N. The van der Waals surface area contributed by atoms with Crippen molar-refractivity contribution in [3.8, 4) is 5.88 Å². The summed E-state index contributed by atoms with van der Waals surface area (Å²) in [4.78, 5) is 4.10. The minimum Gasteiger partial charge on any atom is -0.476 e. The molecule has 0 bridgehead atoms. The van der Waals surface area contributed by atoms with E-state index in [0.29, 0.717) is 18.1 Å². The van der Waals surface area contributed by atoms with E-state index in [-0.39, 0.29) is 17.1 Å². The third-order valence-electron chi connectivity index (χ3n) is 2.68. The number of benzene rings is 1. The number of hydrogen-bond donors (Lipinski definition) is 2. The van der Waals surface area contributed by atoms with Crippen molar-refractivity contribution in [2.75, 3.05) is 17.7 Å². The molecule has 0 spiro atoms. The zero-order valence-electron chi connectivity index (χ0n) is 11.2. The van der Waals surface area contributed by atoms with Crippen molar-refractivity contribution in [2.24, 2.45) is 0 Å². The van der Waals surface area contributed by atoms with Gasteiger partial charge in [-0.25, -0.2) is 8.78 Å². The molecule has 0 aliphatic rings. The summed E-state index contributed by atoms with van der Waals surface area (Å²) in [6, 6.07) is 5.36. The molecule has 0 aliphatic carbocycles. The topological polar surface area (TPSA) is 60.2 Å². The third-order valence-corrected chi connectivity index (χ3v) is 2.68. The van der Waals surface area contributed by atoms with Crippen LogP contribution in [0.3, 0.4) is 0 Å². The number of aromatic nitrogens is 1. The number of nitrogen functional groups attached to an aromatic ring is 1. The monoisotopic (exact) mass is 279 g/mol. The molecule has 3 N–H and O–H groups in total. The van der Waals surface area contributed by atoms with Crippen LogP contribution in [0.2, 0.25) is 0 Å². The quantitative estimate of drug-likeness (QED) is 0.900. The van der Waals surface area contributed by atoms with Crippen LogP contribution in [0.4, 0.5) is 26.0 Å². The summed E-state index contributed by atoms with van der Waals surface area (Å²) < 4.78 is 32.4. The first kappa shape index (κ1) is 14.0. The van der Waals surface area contributed by atoms with Gasteiger partial charge < -0.3 is 15.8 Å². The van der Waals surface area contributed by atoms with Gasteiger partial charge in [0.25, 0.3) is 0 Å². The fourth-order valence-electron chi connectivity index (χ4n) is 1.65. The van der Waals surface area contributed by atoms with Crippen molar-refractivity contribution in [1.82, 2.24) is 4.98 Å². The van der Waals surface area contributed by atoms with Crippen molar-refractivity contribution < 1.29 is 13.5 Å². The molecular formula is C14H15F2N3O. The second-order valence-corrected chi connectivity index (χ2v) is 4.23. The number of hydrogen-bond acceptors (Lipinski definition) is 4. The van der Waals surface area contributed by atoms with Gasteiger partial charge in [-0.05, 0) is 37.6 Å². The molecule has 106 valence electrons. The van der Waals surface area contributed by atoms with Crippen LogP contribution in [0, 0.1) is 18.6 Å². The molecule has 0 amide bonds. The van der Waals surface area contributed by atoms with Gasteiger partial charge in [-0.3, -0.25) is 0 Å². The summed E-state index contributed by atoms with van der Waals surface area (Å²) in [6.45, 7) is 3.71. The van der Waals surface area contributed by atoms with Crippen LogP contribution in [0.5, 0.6) is 5.88 Å². The predicted octanol–water partition coefficient (Wildman–Crippen LogP) is 3.39. The van der Waals surface area contributed by atoms with Crippen molar-refractivity contribution in [2.45, 2.75) is 13.8 Å². The van der Waals surface area contributed by atoms with Crippen LogP contribution in [-0.4, -0.2) is 11.6 Å². The minimum atomic E-state index is -0.555. The number of ether oxygens (including phenoxy) is 1. The Balaban J connectivity index is 2.30. The smallest absolute Gasteiger partial charge is 0.239 e. The van der Waals surface area contributed by atoms with Gasteiger partial charge in [0.2, 0.25) is 5.88 Å². The molecule has 2 rings (SSSR count). The van der Waals surface area contributed by atoms with E-state index >= 15 is 0 Å². The van der Waals surface area contributed by atoms with Crippen molar-refractivity contribution >= 4 is 17.2 Å². The van der Waals surface area contributed by atoms with E-state index in [4.69, 9.17) is 10.5 Å². The van der Waals surface area contributed by atoms with Crippen LogP contribution >= 0.6 is 0 Å². The number of aryl methyl sites for hydroxylation is 1. The summed E-state index contributed by atoms with van der Waals surface area (Å²) in [5.41, 5.74) is 6.33. The average molecular weight is 279 g/mol. The number of pyridine rings is 1. The first-order valence-corrected chi connectivity index (χ1v) is 6.13. The van der Waals surface area contributed by atoms with Crippen LogP contribution in [-0.2, 0) is 0 Å². The zero-order valence-corrected chi connectivity index (χ0v) is 11.2. The number of halogens is 2. The number of nitrogens with two attached hydrogens (primary N) is 1. The molecular weight excluding hydrogens is 264 g/mol. The van der Waals surface area contributed by atoms with Gasteiger partial charge in [-0.15, -0.1) is 0 Å². The van der Waals surface area contributed by atoms with Gasteiger partial charge in [-0.2, -0.15) is 4.98 Å². The van der Waals surface area contributed by atoms with Gasteiger partial charge in [-0.1, -0.05) is 0 Å². The molecule has 6 heteroatoms. The average Bonchev–Trinajstić information content (AvgIpc) is 2.40. The van der Waals surface area contributed by atoms with Gasteiger partial charge in [0, 0.05) is 6.07 Å². The maximum atomic E-state index is 13.7. The summed E-state index contributed by atoms with van der Waals surface area (Å²) in [5, 5.41) is 2.70. The Hall–Kier alpha value is -2.37. The maximum absolute atomic E-state index is 13.7. The zero-order chi connectivity index (χ0) is 14.7. The Bertz CT molecular complexity index is 632. The molecule has 0 saturated carbocycles. The number of nitrogens with zero attached hydrogens (tertiary/aromatic N) is 1. The molecule has 1 aromatic carbocycles. The number of anilines is 3. The van der Waals surface area contributed by atoms with E-state index in [0.717, 1.165) is 12.1 Å². The molecule has 2 aromatic rings. The normalized spacial score (nSPS) is 10.4. The largest absolute Gasteiger partial charge is 0.476 e. The fraction of sp³-hybridized carbons (Fsp3) is 0.214. The summed E-state index contributed by atoms with van der Waals surface area (Å²) in [6.07, 6.45) is 0. The molecule has 1 heterocycles. The van der Waals surface area contributed by atoms with Crippen molar-refractivity contribution in [3.05, 3.63) is 41.5 Å². The predicted molar refractivity (Wildman–Crippen MR) is 74.2 cm³/mol. The van der Waals surface area contributed by atoms with E-state index in [1.807, 2.05) is 0 Å². The van der Waals surface area contributed by atoms with Gasteiger partial charge >= 0.3 is 0 Å². The van der Waals surface area contributed by atoms with Gasteiger partial charge in [0.1, 0.15) is 17.5 Å². The highest BCUT2D eigenvalue weighted by Gasteiger charge is 2.09. The van der Waals surface area contributed by atoms with Crippen LogP contribution in [0.1, 0.15) is 12.5 Å². The molecule has 1 aromatic heterocycles. The molecule has 4 nitrogen and oxygen atoms in total. The molecule has 20 heavy (non-hydrogen) atoms. The highest BCUT2D eigenvalue weighted by molar-refractivity contribution is 5.61. The summed E-state index contributed by atoms with van der Waals surface area (Å²) >= 11 is 0. The fourth-order valence-corrected chi connectivity index (χ4v) is 1.65. The van der Waals surface area contributed by atoms with E-state index in [2.05, 4.69) is 10.3 Å². The lowest BCUT2D eigenvalue weighted by Gasteiger charge is -2.11. The van der Waals surface area contributed by atoms with Gasteiger partial charge in [0.05, 0.1) is 18.0 Å². The standard InChI is InChI=1S/C14H15F2N3O/c1-3-20-14-11(17)4-5-13(19-14)18-12-7-9(15)8(2)6-10(12)16/h4-7H,3,17H2,1-2H3,(H,18,19). The Labute approximate surface area is 115 Å². The van der Waals surface area contributed by atoms with E-state index < -0.39 is 11.6 Å². The molecule has 0 saturated heterocycles. The molecule has 0 radical (unpaired) electrons. The third kappa shape index (κ3) is 2.96. The second-order valence-electron chi connectivity index (χ2n) is 4.23. The maximum Gasteiger partial charge on any atom is 0.239 e. The summed E-state index contributed by atoms with van der Waals surface area (Å²) in [5.74, 6) is -0.467. The van der Waals surface area contributed by atoms with Crippen molar-refractivity contribution in [1.29, 1.82) is 0 Å². The Kier molecular flexibility index (Phi) is 4.02. The molecule has 0 atom stereocenters. The van der Waals surface area contributed by atoms with E-state index in [9.17, 15) is 8.78 Å². The van der Waals surface area contributed by atoms with Crippen LogP contribution in [0.25, 0.3) is 0 Å². The Morgan fingerprint density at radius 2 is 2.00 bits per heavy atom. The molecule has 0 unspecified atom stereocenters. The number of nitrogens with one attached hydrogen (secondary N) is 1. The van der Waals surface area contributed by atoms with Crippen LogP contribution < -0.4 is 15.8 Å². The van der Waals surface area contributed by atoms with Crippen LogP contribution in [0.15, 0.2) is 24.3 Å². The lowest BCUT2D eigenvalue weighted by molar-refractivity contribution is 0.329. The summed E-state index contributed by atoms with van der Waals surface area (Å²) in [7, 11) is 0. The Morgan fingerprint density at radius 3 is 2.70 bits per heavy atom. The first-order chi connectivity index (χ1) is 9.51. The first-order valence-electron chi connectivity index (χ1n) is 6.13. The highest BCUT2D eigenvalue weighted by Crippen LogP contribution is 2.25. The lowest BCUT2D eigenvalue weighted by Crippen LogP contribution is -2.03. The van der Waals surface area contributed by atoms with E-state index in [1.165, 1.54) is 6.92 Å². The van der Waals surface area contributed by atoms with Crippen molar-refractivity contribution in [3.63, 3.8) is 0 Å². The lowest BCUT2D eigenvalue weighted by atomic mass is 10.2. The Morgan fingerprint density at radius 1 is 1.25 bits per heavy atom. The minimum absolute atomic E-state index is 0.00724. The second kappa shape index (κ2) is 5.73. The molecule has 0 aliphatic heterocycles. The molecule has 0 fully saturated rings.